The van der Waals surface area contributed by atoms with Crippen LogP contribution in [0.5, 0.6) is 11.5 Å². The number of methoxy groups -OCH3 is 1. The highest BCUT2D eigenvalue weighted by Gasteiger charge is 2.65. The molecule has 0 N–H and O–H groups in total. The van der Waals surface area contributed by atoms with Gasteiger partial charge in [-0.05, 0) is 103 Å². The molecule has 12 aliphatic rings. The fraction of sp³-hybridized carbons (Fsp3) is 0.600. The molecule has 0 aromatic heterocycles. The summed E-state index contributed by atoms with van der Waals surface area (Å²) in [7, 11) is 1.38. The van der Waals surface area contributed by atoms with Gasteiger partial charge in [0.05, 0.1) is 114 Å². The first-order valence-electron chi connectivity index (χ1n) is 56.1. The summed E-state index contributed by atoms with van der Waals surface area (Å²) in [4.78, 5) is 0. The van der Waals surface area contributed by atoms with E-state index in [2.05, 4.69) is 0 Å². The topological polar surface area (TPSA) is 203 Å². The highest BCUT2D eigenvalue weighted by molar-refractivity contribution is 5.31. The molecule has 4 spiro atoms. The van der Waals surface area contributed by atoms with Crippen molar-refractivity contribution in [2.24, 2.45) is 0 Å². The summed E-state index contributed by atoms with van der Waals surface area (Å²) < 4.78 is 480. The van der Waals surface area contributed by atoms with Gasteiger partial charge < -0.3 is 104 Å². The second-order valence-corrected chi connectivity index (χ2v) is 29.6. The molecule has 12 fully saturated rings. The first-order chi connectivity index (χ1) is 69.2. The van der Waals surface area contributed by atoms with Gasteiger partial charge in [0, 0.05) is 51.4 Å². The van der Waals surface area contributed by atoms with E-state index in [1.165, 1.54) is 31.4 Å². The zero-order valence-corrected chi connectivity index (χ0v) is 61.3. The van der Waals surface area contributed by atoms with Crippen molar-refractivity contribution in [1.82, 2.24) is 0 Å². The molecule has 6 aromatic carbocycles. The number of ether oxygens (including phenoxy) is 22. The van der Waals surface area contributed by atoms with Gasteiger partial charge in [-0.15, -0.1) is 0 Å². The van der Waals surface area contributed by atoms with Gasteiger partial charge in [0.2, 0.25) is 6.29 Å². The molecule has 18 rings (SSSR count). The Labute approximate surface area is 706 Å². The number of hydrogen-bond donors (Lipinski definition) is 0. The Morgan fingerprint density at radius 2 is 0.554 bits per heavy atom. The molecule has 22 nitrogen and oxygen atoms in total. The third kappa shape index (κ3) is 17.6. The molecule has 0 amide bonds. The summed E-state index contributed by atoms with van der Waals surface area (Å²) in [6.45, 7) is -21.2. The average molecular weight is 1580 g/mol. The minimum atomic E-state index is -3.89. The van der Waals surface area contributed by atoms with Gasteiger partial charge in [-0.3, -0.25) is 0 Å². The summed E-state index contributed by atoms with van der Waals surface area (Å²) in [6, 6.07) is -21.8. The van der Waals surface area contributed by atoms with Crippen LogP contribution in [0.2, 0.25) is 0 Å². The van der Waals surface area contributed by atoms with E-state index < -0.39 is 384 Å². The van der Waals surface area contributed by atoms with Crippen molar-refractivity contribution < 1.29 is 152 Å². The predicted octanol–water partition coefficient (Wildman–Crippen LogP) is 14.4. The monoisotopic (exact) mass is 1580 g/mol. The molecule has 0 unspecified atom stereocenters. The van der Waals surface area contributed by atoms with Gasteiger partial charge >= 0.3 is 0 Å². The predicted molar refractivity (Wildman–Crippen MR) is 405 cm³/mol. The van der Waals surface area contributed by atoms with Crippen LogP contribution in [-0.4, -0.2) is 180 Å². The Bertz CT molecular complexity index is 5770. The number of fused-ring (bicyclic) bond motifs is 4. The van der Waals surface area contributed by atoms with Crippen molar-refractivity contribution in [3.05, 3.63) is 203 Å². The zero-order valence-electron chi connectivity index (χ0n) is 96.3. The van der Waals surface area contributed by atoms with Crippen molar-refractivity contribution >= 4 is 0 Å². The van der Waals surface area contributed by atoms with E-state index >= 15 is 0 Å². The number of hydrogen-bond acceptors (Lipinski definition) is 22. The van der Waals surface area contributed by atoms with Crippen LogP contribution in [0.4, 0.5) is 0 Å². The minimum absolute atomic E-state index is 0.0600. The maximum atomic E-state index is 10.4. The first-order valence-corrected chi connectivity index (χ1v) is 38.6. The molecular formula is C90H110O22. The van der Waals surface area contributed by atoms with Gasteiger partial charge in [0.1, 0.15) is 109 Å². The Kier molecular flexibility index (Phi) is 14.9. The van der Waals surface area contributed by atoms with Crippen molar-refractivity contribution in [2.45, 2.75) is 307 Å². The Morgan fingerprint density at radius 3 is 0.875 bits per heavy atom. The Balaban J connectivity index is 0.882. The third-order valence-corrected chi connectivity index (χ3v) is 22.4. The van der Waals surface area contributed by atoms with E-state index in [0.717, 1.165) is 0 Å². The average Bonchev–Trinajstić information content (AvgIpc) is 0.721. The van der Waals surface area contributed by atoms with Crippen LogP contribution >= 0.6 is 0 Å². The maximum absolute atomic E-state index is 10.4. The van der Waals surface area contributed by atoms with Crippen LogP contribution < -0.4 is 9.47 Å². The van der Waals surface area contributed by atoms with Crippen LogP contribution in [-0.2, 0) is 128 Å². The molecule has 8 aliphatic heterocycles. The Hall–Kier alpha value is -5.88. The standard InChI is InChI=1S/C90H110O22/c1-91-65-39-41-66(42-40-65)101-83-80(95-54-63-35-17-5-18-36-63)77(73-69(102-83)58-99-89(111-73)47-25-9-26-48-89)106-85-81(96-55-64-37-19-6-20-38-64)78(74-70(104-85)59-100-90(112-74)49-27-10-28-50-90)107-86-82(76(93-52-61-31-13-3-14-32-61)72-68(105-86)57-98-88(110-72)45-23-8-24-46-88)108-84-79(94-53-62-33-15-4-16-34-62)75(92-51-60-29-11-2-12-30-60)71-67(103-84)56-97-87(109-71)43-21-7-22-44-87/h2-6,11-20,29-42,67-86H,7-10,21-28,43-59H2,1H3/t67-,68-,69-,70-,71-,72-,73-,74-,75+,76+,77+,78+,79-,80-,81-,82-,83+,84-,85-,86-/m1/s1/i2D,3D,4D,5D,6D,11D,12D,13D,14D,15D,16D,17D,18D,19D,20D,29D,30D,31D,32D,33D,34D,35D,36D,37D,38D,51D2,52D2,53D2,54D2,55D2. The van der Waals surface area contributed by atoms with Gasteiger partial charge in [-0.1, -0.05) is 177 Å². The molecule has 0 bridgehead atoms. The second kappa shape index (κ2) is 35.5. The van der Waals surface area contributed by atoms with E-state index in [4.69, 9.17) is 125 Å². The largest absolute Gasteiger partial charge is 0.497 e. The van der Waals surface area contributed by atoms with Gasteiger partial charge in [0.15, 0.2) is 42.0 Å². The first kappa shape index (κ1) is 46.9. The summed E-state index contributed by atoms with van der Waals surface area (Å²) in [5, 5.41) is 0. The molecular weight excluding hydrogens is 1430 g/mol. The third-order valence-electron chi connectivity index (χ3n) is 22.4. The van der Waals surface area contributed by atoms with Crippen LogP contribution in [0.1, 0.15) is 204 Å². The van der Waals surface area contributed by atoms with Crippen molar-refractivity contribution in [1.29, 1.82) is 0 Å². The summed E-state index contributed by atoms with van der Waals surface area (Å²) in [5.41, 5.74) is -5.91. The second-order valence-electron chi connectivity index (χ2n) is 29.6. The highest BCUT2D eigenvalue weighted by Crippen LogP contribution is 2.51. The van der Waals surface area contributed by atoms with E-state index in [1.807, 2.05) is 0 Å². The van der Waals surface area contributed by atoms with Gasteiger partial charge in [-0.2, -0.15) is 0 Å². The zero-order chi connectivity index (χ0) is 106. The molecule has 602 valence electrons. The van der Waals surface area contributed by atoms with E-state index in [9.17, 15) is 27.4 Å². The molecule has 8 saturated heterocycles. The Morgan fingerprint density at radius 1 is 0.304 bits per heavy atom. The van der Waals surface area contributed by atoms with Crippen LogP contribution in [0.15, 0.2) is 175 Å². The lowest BCUT2D eigenvalue weighted by molar-refractivity contribution is -0.454. The molecule has 4 aliphatic carbocycles. The molecule has 20 atom stereocenters. The molecule has 22 heteroatoms. The number of benzene rings is 6. The van der Waals surface area contributed by atoms with Gasteiger partial charge in [-0.25, -0.2) is 0 Å². The molecule has 8 heterocycles. The lowest BCUT2D eigenvalue weighted by atomic mass is 9.89. The van der Waals surface area contributed by atoms with Crippen LogP contribution in [0.25, 0.3) is 0 Å². The van der Waals surface area contributed by atoms with Crippen LogP contribution in [0, 0.1) is 0 Å². The lowest BCUT2D eigenvalue weighted by Crippen LogP contribution is -2.72. The quantitative estimate of drug-likeness (QED) is 0.0553. The summed E-state index contributed by atoms with van der Waals surface area (Å²) in [5.74, 6) is -6.39. The lowest BCUT2D eigenvalue weighted by Gasteiger charge is -2.57. The van der Waals surface area contributed by atoms with Crippen molar-refractivity contribution in [3.63, 3.8) is 0 Å². The van der Waals surface area contributed by atoms with Crippen LogP contribution in [0.3, 0.4) is 0 Å². The fourth-order valence-electron chi connectivity index (χ4n) is 17.0. The maximum Gasteiger partial charge on any atom is 0.229 e. The fourth-order valence-corrected chi connectivity index (χ4v) is 17.0. The molecule has 0 radical (unpaired) electrons. The SMILES string of the molecule is [2H]c1c([2H])c([2H])c(C([2H])([2H])O[C@@H]2[C@@H](O[C@H]3O[C@@H]4COC5(CCCCC5)O[C@H]4[C@H](OC([2H])([2H])c4c([2H])c([2H])c([2H])c([2H])c4[2H])[C@H]3OC([2H])([2H])c3c([2H])c([2H])c([2H])c([2H])c3[2H])[C@@H](O[C@@H]3[C@@H](OC([2H])([2H])c4c([2H])c([2H])c([2H])c([2H])c4[2H])[C@@H](O[C@@H]4[C@@H](OC([2H])([2H])c5c([2H])c([2H])c([2H])c([2H])c5[2H])[C@@H](Oc5ccc(OC)cc5)O[C@@H]5COC6(CCCCC6)O[C@@H]45)O[C@@H]4COC5(CCCCC5)O[C@@H]34)O[C@@H]3COC4(CCCCC4)O[C@@H]23)c([2H])c1[2H]. The van der Waals surface area contributed by atoms with Crippen molar-refractivity contribution in [2.75, 3.05) is 33.5 Å². The van der Waals surface area contributed by atoms with E-state index in [0.29, 0.717) is 82.8 Å². The van der Waals surface area contributed by atoms with E-state index in [-0.39, 0.29) is 57.1 Å². The normalized spacial score (nSPS) is 40.3. The van der Waals surface area contributed by atoms with Gasteiger partial charge in [0.25, 0.3) is 0 Å². The molecule has 6 aromatic rings. The smallest absolute Gasteiger partial charge is 0.229 e. The van der Waals surface area contributed by atoms with E-state index in [1.54, 1.807) is 0 Å². The number of rotatable bonds is 24. The summed E-state index contributed by atoms with van der Waals surface area (Å²) >= 11 is 0. The molecule has 112 heavy (non-hydrogen) atoms. The minimum Gasteiger partial charge on any atom is -0.497 e. The summed E-state index contributed by atoms with van der Waals surface area (Å²) in [6.07, 6.45) is -37.4. The molecule has 4 saturated carbocycles. The highest BCUT2D eigenvalue weighted by atomic mass is 16.8. The van der Waals surface area contributed by atoms with Crippen molar-refractivity contribution in [3.8, 4) is 11.5 Å².